The van der Waals surface area contributed by atoms with E-state index in [2.05, 4.69) is 23.2 Å². The predicted octanol–water partition coefficient (Wildman–Crippen LogP) is 5.30. The minimum Gasteiger partial charge on any atom is -0.481 e. The Balaban J connectivity index is 1.66. The number of methoxy groups -OCH3 is 1. The number of hydrogen-bond donors (Lipinski definition) is 0. The zero-order chi connectivity index (χ0) is 25.8. The van der Waals surface area contributed by atoms with Gasteiger partial charge in [0, 0.05) is 36.8 Å². The summed E-state index contributed by atoms with van der Waals surface area (Å²) in [5.74, 6) is 0.141. The average Bonchev–Trinajstić information content (AvgIpc) is 2.88. The first-order valence-electron chi connectivity index (χ1n) is 12.4. The van der Waals surface area contributed by atoms with Crippen molar-refractivity contribution in [2.45, 2.75) is 53.0 Å². The van der Waals surface area contributed by atoms with Crippen LogP contribution in [0, 0.1) is 20.8 Å². The van der Waals surface area contributed by atoms with E-state index >= 15 is 0 Å². The van der Waals surface area contributed by atoms with Gasteiger partial charge in [0.05, 0.1) is 20.1 Å². The second kappa shape index (κ2) is 10.9. The van der Waals surface area contributed by atoms with E-state index in [-0.39, 0.29) is 24.2 Å². The van der Waals surface area contributed by atoms with Gasteiger partial charge in [0.15, 0.2) is 0 Å². The predicted molar refractivity (Wildman–Crippen MR) is 139 cm³/mol. The number of amides is 1. The smallest absolute Gasteiger partial charge is 0.306 e. The second-order valence-corrected chi connectivity index (χ2v) is 9.47. The normalized spacial score (nSPS) is 13.6. The van der Waals surface area contributed by atoms with Gasteiger partial charge in [-0.25, -0.2) is 4.98 Å². The molecular formula is C30H34N2O4. The van der Waals surface area contributed by atoms with E-state index in [1.165, 1.54) is 5.56 Å². The first-order chi connectivity index (χ1) is 17.3. The molecule has 3 aromatic rings. The van der Waals surface area contributed by atoms with Crippen molar-refractivity contribution in [3.63, 3.8) is 0 Å². The number of pyridine rings is 1. The van der Waals surface area contributed by atoms with Crippen LogP contribution in [0.3, 0.4) is 0 Å². The molecule has 36 heavy (non-hydrogen) atoms. The fraction of sp³-hybridized carbons (Fsp3) is 0.367. The van der Waals surface area contributed by atoms with Crippen LogP contribution in [0.2, 0.25) is 0 Å². The van der Waals surface area contributed by atoms with Crippen LogP contribution in [0.25, 0.3) is 0 Å². The lowest BCUT2D eigenvalue weighted by molar-refractivity contribution is -0.143. The molecule has 1 atom stereocenters. The zero-order valence-corrected chi connectivity index (χ0v) is 21.8. The van der Waals surface area contributed by atoms with Gasteiger partial charge in [-0.1, -0.05) is 35.9 Å². The summed E-state index contributed by atoms with van der Waals surface area (Å²) in [5, 5.41) is 0. The molecule has 0 bridgehead atoms. The fourth-order valence-electron chi connectivity index (χ4n) is 4.91. The third-order valence-corrected chi connectivity index (χ3v) is 6.94. The first kappa shape index (κ1) is 25.4. The standard InChI is InChI=1S/C30H34N2O4/c1-6-36-29(33)16-26(27-17-31-28(35-5)14-21(27)4)23-10-9-22-11-12-32(18-24(22)15-23)30(34)25-13-19(2)7-8-20(25)3/h7-10,13-15,17,26H,6,11-12,16,18H2,1-5H3. The van der Waals surface area contributed by atoms with Crippen LogP contribution in [0.1, 0.15) is 68.6 Å². The number of aromatic nitrogens is 1. The third-order valence-electron chi connectivity index (χ3n) is 6.94. The molecule has 1 amide bonds. The van der Waals surface area contributed by atoms with Crippen LogP contribution in [0.4, 0.5) is 0 Å². The van der Waals surface area contributed by atoms with Gasteiger partial charge in [0.25, 0.3) is 5.91 Å². The number of carbonyl (C=O) groups excluding carboxylic acids is 2. The molecule has 1 aliphatic heterocycles. The maximum absolute atomic E-state index is 13.4. The Kier molecular flexibility index (Phi) is 7.73. The van der Waals surface area contributed by atoms with Crippen LogP contribution in [0.5, 0.6) is 5.88 Å². The van der Waals surface area contributed by atoms with Crippen LogP contribution >= 0.6 is 0 Å². The number of ether oxygens (including phenoxy) is 2. The average molecular weight is 487 g/mol. The van der Waals surface area contributed by atoms with Crippen molar-refractivity contribution in [1.29, 1.82) is 0 Å². The summed E-state index contributed by atoms with van der Waals surface area (Å²) in [6, 6.07) is 14.3. The molecule has 0 N–H and O–H groups in total. The molecule has 1 unspecified atom stereocenters. The minimum atomic E-state index is -0.248. The number of carbonyl (C=O) groups is 2. The highest BCUT2D eigenvalue weighted by atomic mass is 16.5. The number of hydrogen-bond acceptors (Lipinski definition) is 5. The Labute approximate surface area is 213 Å². The Morgan fingerprint density at radius 1 is 1.03 bits per heavy atom. The maximum atomic E-state index is 13.4. The third kappa shape index (κ3) is 5.43. The molecule has 0 saturated heterocycles. The number of nitrogens with zero attached hydrogens (tertiary/aromatic N) is 2. The SMILES string of the molecule is CCOC(=O)CC(c1ccc2c(c1)CN(C(=O)c1cc(C)ccc1C)CC2)c1cnc(OC)cc1C. The zero-order valence-electron chi connectivity index (χ0n) is 21.8. The molecule has 6 heteroatoms. The molecule has 0 fully saturated rings. The molecule has 0 radical (unpaired) electrons. The van der Waals surface area contributed by atoms with Crippen molar-refractivity contribution >= 4 is 11.9 Å². The van der Waals surface area contributed by atoms with Crippen LogP contribution in [-0.4, -0.2) is 42.0 Å². The molecule has 0 saturated carbocycles. The summed E-state index contributed by atoms with van der Waals surface area (Å²) in [5.41, 5.74) is 8.15. The van der Waals surface area contributed by atoms with Crippen molar-refractivity contribution in [2.75, 3.05) is 20.3 Å². The van der Waals surface area contributed by atoms with Gasteiger partial charge in [-0.3, -0.25) is 9.59 Å². The van der Waals surface area contributed by atoms with Crippen molar-refractivity contribution in [2.24, 2.45) is 0 Å². The highest BCUT2D eigenvalue weighted by Crippen LogP contribution is 2.34. The Morgan fingerprint density at radius 2 is 1.83 bits per heavy atom. The number of benzene rings is 2. The summed E-state index contributed by atoms with van der Waals surface area (Å²) in [6.45, 7) is 9.37. The second-order valence-electron chi connectivity index (χ2n) is 9.47. The van der Waals surface area contributed by atoms with Gasteiger partial charge >= 0.3 is 5.97 Å². The van der Waals surface area contributed by atoms with Crippen molar-refractivity contribution in [3.05, 3.63) is 93.2 Å². The molecule has 2 aromatic carbocycles. The van der Waals surface area contributed by atoms with Crippen molar-refractivity contribution in [1.82, 2.24) is 9.88 Å². The minimum absolute atomic E-state index is 0.0607. The van der Waals surface area contributed by atoms with E-state index in [9.17, 15) is 9.59 Å². The molecule has 2 heterocycles. The van der Waals surface area contributed by atoms with Crippen molar-refractivity contribution < 1.29 is 19.1 Å². The molecule has 4 rings (SSSR count). The summed E-state index contributed by atoms with van der Waals surface area (Å²) >= 11 is 0. The number of aryl methyl sites for hydroxylation is 3. The Hall–Kier alpha value is -3.67. The van der Waals surface area contributed by atoms with Gasteiger partial charge in [0.1, 0.15) is 0 Å². The lowest BCUT2D eigenvalue weighted by Crippen LogP contribution is -2.36. The van der Waals surface area contributed by atoms with Gasteiger partial charge in [0.2, 0.25) is 5.88 Å². The lowest BCUT2D eigenvalue weighted by Gasteiger charge is -2.30. The van der Waals surface area contributed by atoms with Crippen LogP contribution in [-0.2, 0) is 22.5 Å². The van der Waals surface area contributed by atoms with Gasteiger partial charge in [-0.15, -0.1) is 0 Å². The van der Waals surface area contributed by atoms with Gasteiger partial charge in [-0.2, -0.15) is 0 Å². The molecule has 0 spiro atoms. The summed E-state index contributed by atoms with van der Waals surface area (Å²) < 4.78 is 10.6. The molecule has 0 aliphatic carbocycles. The topological polar surface area (TPSA) is 68.7 Å². The van der Waals surface area contributed by atoms with E-state index in [0.29, 0.717) is 25.6 Å². The first-order valence-corrected chi connectivity index (χ1v) is 12.4. The lowest BCUT2D eigenvalue weighted by atomic mass is 9.84. The Morgan fingerprint density at radius 3 is 2.56 bits per heavy atom. The van der Waals surface area contributed by atoms with Crippen LogP contribution < -0.4 is 4.74 Å². The van der Waals surface area contributed by atoms with Crippen molar-refractivity contribution in [3.8, 4) is 5.88 Å². The van der Waals surface area contributed by atoms with Gasteiger partial charge in [-0.05, 0) is 73.6 Å². The maximum Gasteiger partial charge on any atom is 0.306 e. The molecule has 1 aromatic heterocycles. The number of fused-ring (bicyclic) bond motifs is 1. The Bertz CT molecular complexity index is 1280. The van der Waals surface area contributed by atoms with E-state index in [1.54, 1.807) is 13.3 Å². The number of rotatable bonds is 7. The van der Waals surface area contributed by atoms with E-state index in [1.807, 2.05) is 56.9 Å². The molecule has 1 aliphatic rings. The highest BCUT2D eigenvalue weighted by Gasteiger charge is 2.26. The summed E-state index contributed by atoms with van der Waals surface area (Å²) in [6.07, 6.45) is 2.80. The number of esters is 1. The largest absolute Gasteiger partial charge is 0.481 e. The highest BCUT2D eigenvalue weighted by molar-refractivity contribution is 5.96. The molecule has 6 nitrogen and oxygen atoms in total. The molecule has 188 valence electrons. The van der Waals surface area contributed by atoms with E-state index in [4.69, 9.17) is 9.47 Å². The molecular weight excluding hydrogens is 452 g/mol. The van der Waals surface area contributed by atoms with Crippen LogP contribution in [0.15, 0.2) is 48.7 Å². The van der Waals surface area contributed by atoms with E-state index in [0.717, 1.165) is 45.4 Å². The van der Waals surface area contributed by atoms with E-state index < -0.39 is 0 Å². The quantitative estimate of drug-likeness (QED) is 0.424. The van der Waals surface area contributed by atoms with Gasteiger partial charge < -0.3 is 14.4 Å². The monoisotopic (exact) mass is 486 g/mol. The fourth-order valence-corrected chi connectivity index (χ4v) is 4.91. The summed E-state index contributed by atoms with van der Waals surface area (Å²) in [7, 11) is 1.59. The summed E-state index contributed by atoms with van der Waals surface area (Å²) in [4.78, 5) is 32.3.